The average Bonchev–Trinajstić information content (AvgIpc) is 2.89. The highest BCUT2D eigenvalue weighted by atomic mass is 35.5. The second-order valence-corrected chi connectivity index (χ2v) is 5.36. The number of hydrogen-bond acceptors (Lipinski definition) is 2. The molecule has 1 aromatic heterocycles. The zero-order valence-electron chi connectivity index (χ0n) is 10.8. The van der Waals surface area contributed by atoms with E-state index in [1.54, 1.807) is 24.3 Å². The van der Waals surface area contributed by atoms with Crippen LogP contribution in [0.3, 0.4) is 0 Å². The van der Waals surface area contributed by atoms with Gasteiger partial charge in [-0.1, -0.05) is 11.6 Å². The number of carbonyl (C=O) groups excluding carboxylic acids is 1. The lowest BCUT2D eigenvalue weighted by atomic mass is 9.94. The number of H-pyrrole nitrogens is 1. The number of benzene rings is 1. The summed E-state index contributed by atoms with van der Waals surface area (Å²) in [5, 5.41) is 13.4. The second kappa shape index (κ2) is 5.54. The Hall–Kier alpha value is -2.01. The Kier molecular flexibility index (Phi) is 3.60. The molecule has 2 aromatic rings. The number of hydrogen-bond donors (Lipinski definition) is 3. The van der Waals surface area contributed by atoms with Crippen LogP contribution in [0.1, 0.15) is 17.7 Å². The third-order valence-corrected chi connectivity index (χ3v) is 3.71. The lowest BCUT2D eigenvalue weighted by Crippen LogP contribution is -2.41. The van der Waals surface area contributed by atoms with Gasteiger partial charge < -0.3 is 10.6 Å². The van der Waals surface area contributed by atoms with Crippen molar-refractivity contribution in [1.29, 1.82) is 0 Å². The largest absolute Gasteiger partial charge is 0.335 e. The molecule has 3 rings (SSSR count). The van der Waals surface area contributed by atoms with E-state index in [9.17, 15) is 4.79 Å². The summed E-state index contributed by atoms with van der Waals surface area (Å²) < 4.78 is 0. The van der Waals surface area contributed by atoms with Gasteiger partial charge >= 0.3 is 6.03 Å². The Balaban J connectivity index is 1.56. The number of carbonyl (C=O) groups is 1. The molecule has 0 bridgehead atoms. The molecule has 20 heavy (non-hydrogen) atoms. The van der Waals surface area contributed by atoms with Crippen molar-refractivity contribution in [3.05, 3.63) is 46.7 Å². The van der Waals surface area contributed by atoms with Crippen LogP contribution in [0.4, 0.5) is 10.5 Å². The van der Waals surface area contributed by atoms with Crippen molar-refractivity contribution in [2.45, 2.75) is 25.3 Å². The highest BCUT2D eigenvalue weighted by Gasteiger charge is 2.21. The van der Waals surface area contributed by atoms with E-state index in [2.05, 4.69) is 20.8 Å². The number of aryl methyl sites for hydroxylation is 1. The van der Waals surface area contributed by atoms with Gasteiger partial charge in [-0.05, 0) is 42.7 Å². The summed E-state index contributed by atoms with van der Waals surface area (Å²) in [6.07, 6.45) is 4.53. The van der Waals surface area contributed by atoms with Crippen LogP contribution in [0.2, 0.25) is 5.02 Å². The Morgan fingerprint density at radius 1 is 1.35 bits per heavy atom. The maximum Gasteiger partial charge on any atom is 0.319 e. The fraction of sp³-hybridized carbons (Fsp3) is 0.286. The number of aromatic nitrogens is 2. The van der Waals surface area contributed by atoms with Crippen LogP contribution in [-0.2, 0) is 12.8 Å². The van der Waals surface area contributed by atoms with E-state index < -0.39 is 0 Å². The van der Waals surface area contributed by atoms with Crippen LogP contribution < -0.4 is 10.6 Å². The van der Waals surface area contributed by atoms with E-state index in [-0.39, 0.29) is 12.1 Å². The second-order valence-electron chi connectivity index (χ2n) is 4.92. The lowest BCUT2D eigenvalue weighted by Gasteiger charge is -2.22. The van der Waals surface area contributed by atoms with Crippen molar-refractivity contribution in [1.82, 2.24) is 15.5 Å². The Labute approximate surface area is 121 Å². The molecule has 0 radical (unpaired) electrons. The number of aromatic amines is 1. The zero-order valence-corrected chi connectivity index (χ0v) is 11.6. The van der Waals surface area contributed by atoms with Crippen molar-refractivity contribution in [3.8, 4) is 0 Å². The number of anilines is 1. The highest BCUT2D eigenvalue weighted by molar-refractivity contribution is 6.30. The number of fused-ring (bicyclic) bond motifs is 1. The zero-order chi connectivity index (χ0) is 13.9. The Bertz CT molecular complexity index is 608. The predicted molar refractivity (Wildman–Crippen MR) is 78.0 cm³/mol. The first-order valence-corrected chi connectivity index (χ1v) is 6.93. The fourth-order valence-corrected chi connectivity index (χ4v) is 2.54. The molecule has 104 valence electrons. The van der Waals surface area contributed by atoms with Gasteiger partial charge in [0, 0.05) is 28.9 Å². The lowest BCUT2D eigenvalue weighted by molar-refractivity contribution is 0.247. The third kappa shape index (κ3) is 2.93. The maximum absolute atomic E-state index is 11.9. The topological polar surface area (TPSA) is 69.8 Å². The van der Waals surface area contributed by atoms with Crippen molar-refractivity contribution in [2.75, 3.05) is 5.32 Å². The molecule has 3 N–H and O–H groups in total. The summed E-state index contributed by atoms with van der Waals surface area (Å²) in [6.45, 7) is 0. The molecule has 0 spiro atoms. The van der Waals surface area contributed by atoms with Gasteiger partial charge in [0.2, 0.25) is 0 Å². The monoisotopic (exact) mass is 290 g/mol. The van der Waals surface area contributed by atoms with E-state index in [1.807, 2.05) is 6.20 Å². The van der Waals surface area contributed by atoms with Crippen LogP contribution in [-0.4, -0.2) is 22.3 Å². The van der Waals surface area contributed by atoms with Gasteiger partial charge in [-0.3, -0.25) is 5.10 Å². The van der Waals surface area contributed by atoms with Crippen molar-refractivity contribution >= 4 is 23.3 Å². The summed E-state index contributed by atoms with van der Waals surface area (Å²) in [6, 6.07) is 6.98. The molecular weight excluding hydrogens is 276 g/mol. The first kappa shape index (κ1) is 13.0. The molecule has 1 aliphatic rings. The number of nitrogens with zero attached hydrogens (tertiary/aromatic N) is 1. The summed E-state index contributed by atoms with van der Waals surface area (Å²) in [7, 11) is 0. The van der Waals surface area contributed by atoms with Gasteiger partial charge in [0.1, 0.15) is 0 Å². The maximum atomic E-state index is 11.9. The minimum Gasteiger partial charge on any atom is -0.335 e. The van der Waals surface area contributed by atoms with Crippen LogP contribution in [0.25, 0.3) is 0 Å². The van der Waals surface area contributed by atoms with Gasteiger partial charge in [0.25, 0.3) is 0 Å². The highest BCUT2D eigenvalue weighted by Crippen LogP contribution is 2.19. The molecule has 2 amide bonds. The standard InChI is InChI=1S/C14H15ClN4O/c15-10-2-5-11(6-3-10)17-14(20)18-12-4-1-9-8-16-19-13(9)7-12/h2-3,5-6,8,12H,1,4,7H2,(H,16,19)(H2,17,18,20). The fourth-order valence-electron chi connectivity index (χ4n) is 2.42. The molecule has 1 atom stereocenters. The van der Waals surface area contributed by atoms with Crippen LogP contribution in [0.5, 0.6) is 0 Å². The smallest absolute Gasteiger partial charge is 0.319 e. The molecule has 5 nitrogen and oxygen atoms in total. The molecule has 6 heteroatoms. The van der Waals surface area contributed by atoms with Crippen LogP contribution in [0, 0.1) is 0 Å². The minimum atomic E-state index is -0.194. The molecule has 0 saturated carbocycles. The molecule has 0 saturated heterocycles. The first-order chi connectivity index (χ1) is 9.70. The number of urea groups is 1. The van der Waals surface area contributed by atoms with E-state index in [1.165, 1.54) is 5.56 Å². The van der Waals surface area contributed by atoms with Crippen LogP contribution in [0.15, 0.2) is 30.5 Å². The summed E-state index contributed by atoms with van der Waals surface area (Å²) in [4.78, 5) is 11.9. The molecule has 0 aliphatic heterocycles. The van der Waals surface area contributed by atoms with Gasteiger partial charge in [0.15, 0.2) is 0 Å². The number of rotatable bonds is 2. The summed E-state index contributed by atoms with van der Waals surface area (Å²) >= 11 is 5.80. The van der Waals surface area contributed by atoms with E-state index in [0.29, 0.717) is 5.02 Å². The molecule has 1 aromatic carbocycles. The average molecular weight is 291 g/mol. The van der Waals surface area contributed by atoms with Gasteiger partial charge in [-0.15, -0.1) is 0 Å². The molecule has 0 fully saturated rings. The summed E-state index contributed by atoms with van der Waals surface area (Å²) in [5.74, 6) is 0. The predicted octanol–water partition coefficient (Wildman–Crippen LogP) is 2.74. The Morgan fingerprint density at radius 2 is 2.15 bits per heavy atom. The number of nitrogens with one attached hydrogen (secondary N) is 3. The van der Waals surface area contributed by atoms with Crippen molar-refractivity contribution in [2.24, 2.45) is 0 Å². The van der Waals surface area contributed by atoms with Gasteiger partial charge in [0.05, 0.1) is 6.20 Å². The van der Waals surface area contributed by atoms with E-state index in [0.717, 1.165) is 30.6 Å². The normalized spacial score (nSPS) is 17.4. The Morgan fingerprint density at radius 3 is 2.95 bits per heavy atom. The molecular formula is C14H15ClN4O. The quantitative estimate of drug-likeness (QED) is 0.796. The van der Waals surface area contributed by atoms with Crippen molar-refractivity contribution < 1.29 is 4.79 Å². The summed E-state index contributed by atoms with van der Waals surface area (Å²) in [5.41, 5.74) is 3.10. The minimum absolute atomic E-state index is 0.134. The number of halogens is 1. The third-order valence-electron chi connectivity index (χ3n) is 3.46. The van der Waals surface area contributed by atoms with Crippen molar-refractivity contribution in [3.63, 3.8) is 0 Å². The molecule has 1 heterocycles. The first-order valence-electron chi connectivity index (χ1n) is 6.55. The SMILES string of the molecule is O=C(Nc1ccc(Cl)cc1)NC1CCc2cn[nH]c2C1. The van der Waals surface area contributed by atoms with E-state index in [4.69, 9.17) is 11.6 Å². The molecule has 1 unspecified atom stereocenters. The van der Waals surface area contributed by atoms with Gasteiger partial charge in [-0.25, -0.2) is 4.79 Å². The molecule has 1 aliphatic carbocycles. The number of amides is 2. The van der Waals surface area contributed by atoms with Gasteiger partial charge in [-0.2, -0.15) is 5.10 Å². The van der Waals surface area contributed by atoms with E-state index >= 15 is 0 Å². The van der Waals surface area contributed by atoms with Crippen LogP contribution >= 0.6 is 11.6 Å².